The van der Waals surface area contributed by atoms with E-state index in [2.05, 4.69) is 0 Å². The molecule has 0 unspecified atom stereocenters. The number of hydrogen-bond acceptors (Lipinski definition) is 2. The monoisotopic (exact) mass is 347 g/mol. The highest BCUT2D eigenvalue weighted by molar-refractivity contribution is 6.08. The van der Waals surface area contributed by atoms with Gasteiger partial charge in [0, 0.05) is 23.9 Å². The number of carbonyl (C=O) groups is 2. The topological polar surface area (TPSA) is 59.3 Å². The molecular formula is C22H21NO3. The molecule has 4 heteroatoms. The van der Waals surface area contributed by atoms with E-state index < -0.39 is 5.97 Å². The molecule has 1 aliphatic carbocycles. The third kappa shape index (κ3) is 4.09. The Morgan fingerprint density at radius 3 is 2.69 bits per heavy atom. The quantitative estimate of drug-likeness (QED) is 0.792. The van der Waals surface area contributed by atoms with Crippen molar-refractivity contribution in [1.29, 1.82) is 0 Å². The van der Waals surface area contributed by atoms with Crippen LogP contribution in [0.3, 0.4) is 0 Å². The highest BCUT2D eigenvalue weighted by atomic mass is 16.4. The van der Waals surface area contributed by atoms with Gasteiger partial charge in [-0.25, -0.2) is 4.79 Å². The molecule has 0 atom stereocenters. The third-order valence-electron chi connectivity index (χ3n) is 4.40. The first-order valence-electron chi connectivity index (χ1n) is 8.61. The predicted molar refractivity (Wildman–Crippen MR) is 101 cm³/mol. The van der Waals surface area contributed by atoms with Crippen molar-refractivity contribution >= 4 is 11.8 Å². The van der Waals surface area contributed by atoms with E-state index >= 15 is 0 Å². The second-order valence-corrected chi connectivity index (χ2v) is 6.36. The minimum atomic E-state index is -0.861. The van der Waals surface area contributed by atoms with E-state index in [-0.39, 0.29) is 5.78 Å². The summed E-state index contributed by atoms with van der Waals surface area (Å²) >= 11 is 0. The van der Waals surface area contributed by atoms with E-state index in [1.807, 2.05) is 72.3 Å². The van der Waals surface area contributed by atoms with Crippen molar-refractivity contribution in [2.75, 3.05) is 0 Å². The maximum atomic E-state index is 12.7. The van der Waals surface area contributed by atoms with Gasteiger partial charge in [0.15, 0.2) is 0 Å². The SMILES string of the molecule is Cc1ccc(C(=O)c2cccn2C/C=C/C2=CCCC(C(=O)O)=C2)cc1. The number of aryl methyl sites for hydroxylation is 1. The van der Waals surface area contributed by atoms with Gasteiger partial charge in [0.1, 0.15) is 0 Å². The molecule has 0 saturated heterocycles. The van der Waals surface area contributed by atoms with Crippen molar-refractivity contribution in [3.8, 4) is 0 Å². The molecule has 3 rings (SSSR count). The van der Waals surface area contributed by atoms with E-state index in [0.29, 0.717) is 29.8 Å². The Morgan fingerprint density at radius 1 is 1.19 bits per heavy atom. The summed E-state index contributed by atoms with van der Waals surface area (Å²) in [6.07, 6.45) is 10.8. The summed E-state index contributed by atoms with van der Waals surface area (Å²) in [5.74, 6) is -0.867. The average molecular weight is 347 g/mol. The highest BCUT2D eigenvalue weighted by Crippen LogP contribution is 2.18. The van der Waals surface area contributed by atoms with Crippen LogP contribution < -0.4 is 0 Å². The number of hydrogen-bond donors (Lipinski definition) is 1. The van der Waals surface area contributed by atoms with Crippen LogP contribution >= 0.6 is 0 Å². The van der Waals surface area contributed by atoms with Gasteiger partial charge in [0.05, 0.1) is 5.69 Å². The number of rotatable bonds is 6. The highest BCUT2D eigenvalue weighted by Gasteiger charge is 2.13. The molecule has 132 valence electrons. The number of allylic oxidation sites excluding steroid dienone is 5. The van der Waals surface area contributed by atoms with Gasteiger partial charge in [0.25, 0.3) is 0 Å². The normalized spacial score (nSPS) is 14.2. The first kappa shape index (κ1) is 17.7. The molecular weight excluding hydrogens is 326 g/mol. The molecule has 1 aromatic heterocycles. The Kier molecular flexibility index (Phi) is 5.32. The molecule has 26 heavy (non-hydrogen) atoms. The van der Waals surface area contributed by atoms with Gasteiger partial charge < -0.3 is 9.67 Å². The Labute approximate surface area is 152 Å². The standard InChI is InChI=1S/C22H21NO3/c1-16-9-11-18(12-10-16)21(24)20-8-4-14-23(20)13-3-6-17-5-2-7-19(15-17)22(25)26/h3-6,8-12,14-15H,2,7,13H2,1H3,(H,25,26)/b6-3+. The van der Waals surface area contributed by atoms with Crippen molar-refractivity contribution < 1.29 is 14.7 Å². The average Bonchev–Trinajstić information content (AvgIpc) is 3.10. The molecule has 2 aromatic rings. The lowest BCUT2D eigenvalue weighted by Gasteiger charge is -2.08. The van der Waals surface area contributed by atoms with Gasteiger partial charge in [-0.1, -0.05) is 48.1 Å². The zero-order valence-electron chi connectivity index (χ0n) is 14.7. The van der Waals surface area contributed by atoms with Crippen molar-refractivity contribution in [3.05, 3.63) is 94.9 Å². The van der Waals surface area contributed by atoms with E-state index in [4.69, 9.17) is 5.11 Å². The van der Waals surface area contributed by atoms with Crippen LogP contribution in [-0.2, 0) is 11.3 Å². The van der Waals surface area contributed by atoms with Gasteiger partial charge >= 0.3 is 5.97 Å². The van der Waals surface area contributed by atoms with Gasteiger partial charge in [-0.05, 0) is 43.5 Å². The van der Waals surface area contributed by atoms with Gasteiger partial charge in [0.2, 0.25) is 5.78 Å². The van der Waals surface area contributed by atoms with Crippen LogP contribution in [0.5, 0.6) is 0 Å². The van der Waals surface area contributed by atoms with Crippen LogP contribution in [0, 0.1) is 6.92 Å². The zero-order valence-corrected chi connectivity index (χ0v) is 14.7. The second kappa shape index (κ2) is 7.83. The summed E-state index contributed by atoms with van der Waals surface area (Å²) in [6, 6.07) is 11.2. The molecule has 4 nitrogen and oxygen atoms in total. The minimum absolute atomic E-state index is 0.00617. The van der Waals surface area contributed by atoms with Crippen LogP contribution in [0.2, 0.25) is 0 Å². The lowest BCUT2D eigenvalue weighted by atomic mass is 9.99. The van der Waals surface area contributed by atoms with Crippen LogP contribution in [0.1, 0.15) is 34.5 Å². The Bertz CT molecular complexity index is 911. The second-order valence-electron chi connectivity index (χ2n) is 6.36. The van der Waals surface area contributed by atoms with Crippen LogP contribution in [0.4, 0.5) is 0 Å². The fourth-order valence-electron chi connectivity index (χ4n) is 2.95. The largest absolute Gasteiger partial charge is 0.478 e. The van der Waals surface area contributed by atoms with Crippen molar-refractivity contribution in [2.24, 2.45) is 0 Å². The summed E-state index contributed by atoms with van der Waals surface area (Å²) in [4.78, 5) is 23.8. The van der Waals surface area contributed by atoms with Gasteiger partial charge in [-0.15, -0.1) is 0 Å². The molecule has 0 radical (unpaired) electrons. The summed E-state index contributed by atoms with van der Waals surface area (Å²) in [5, 5.41) is 9.09. The fourth-order valence-corrected chi connectivity index (χ4v) is 2.95. The number of carboxylic acid groups (broad SMARTS) is 1. The first-order chi connectivity index (χ1) is 12.5. The molecule has 0 bridgehead atoms. The molecule has 0 fully saturated rings. The molecule has 1 aromatic carbocycles. The Morgan fingerprint density at radius 2 is 1.96 bits per heavy atom. The fraction of sp³-hybridized carbons (Fsp3) is 0.182. The number of carbonyl (C=O) groups excluding carboxylic acids is 1. The van der Waals surface area contributed by atoms with E-state index in [9.17, 15) is 9.59 Å². The Balaban J connectivity index is 1.71. The summed E-state index contributed by atoms with van der Waals surface area (Å²) < 4.78 is 1.89. The van der Waals surface area contributed by atoms with E-state index in [1.54, 1.807) is 6.08 Å². The maximum Gasteiger partial charge on any atom is 0.331 e. The van der Waals surface area contributed by atoms with Gasteiger partial charge in [-0.2, -0.15) is 0 Å². The van der Waals surface area contributed by atoms with Crippen LogP contribution in [-0.4, -0.2) is 21.4 Å². The Hall–Kier alpha value is -3.14. The molecule has 1 heterocycles. The minimum Gasteiger partial charge on any atom is -0.478 e. The van der Waals surface area contributed by atoms with Crippen LogP contribution in [0.15, 0.2) is 78.0 Å². The zero-order chi connectivity index (χ0) is 18.5. The number of aliphatic carboxylic acids is 1. The summed E-state index contributed by atoms with van der Waals surface area (Å²) in [5.41, 5.74) is 3.76. The van der Waals surface area contributed by atoms with Crippen molar-refractivity contribution in [2.45, 2.75) is 26.3 Å². The predicted octanol–water partition coefficient (Wildman–Crippen LogP) is 4.31. The summed E-state index contributed by atoms with van der Waals surface area (Å²) in [7, 11) is 0. The number of nitrogens with zero attached hydrogens (tertiary/aromatic N) is 1. The van der Waals surface area contributed by atoms with E-state index in [0.717, 1.165) is 17.6 Å². The number of carboxylic acids is 1. The van der Waals surface area contributed by atoms with Crippen molar-refractivity contribution in [1.82, 2.24) is 4.57 Å². The lowest BCUT2D eigenvalue weighted by molar-refractivity contribution is -0.132. The molecule has 0 saturated carbocycles. The third-order valence-corrected chi connectivity index (χ3v) is 4.40. The lowest BCUT2D eigenvalue weighted by Crippen LogP contribution is -2.09. The smallest absolute Gasteiger partial charge is 0.331 e. The number of aromatic nitrogens is 1. The molecule has 0 aliphatic heterocycles. The molecule has 1 aliphatic rings. The first-order valence-corrected chi connectivity index (χ1v) is 8.61. The number of benzene rings is 1. The maximum absolute atomic E-state index is 12.7. The molecule has 0 amide bonds. The molecule has 0 spiro atoms. The number of ketones is 1. The van der Waals surface area contributed by atoms with Crippen molar-refractivity contribution in [3.63, 3.8) is 0 Å². The summed E-state index contributed by atoms with van der Waals surface area (Å²) in [6.45, 7) is 2.54. The molecule has 1 N–H and O–H groups in total. The van der Waals surface area contributed by atoms with Crippen LogP contribution in [0.25, 0.3) is 0 Å². The van der Waals surface area contributed by atoms with Gasteiger partial charge in [-0.3, -0.25) is 4.79 Å². The van der Waals surface area contributed by atoms with E-state index in [1.165, 1.54) is 0 Å².